The average Bonchev–Trinajstić information content (AvgIpc) is 2.87. The van der Waals surface area contributed by atoms with Crippen molar-refractivity contribution in [1.29, 1.82) is 0 Å². The van der Waals surface area contributed by atoms with Gasteiger partial charge in [-0.3, -0.25) is 9.10 Å². The molecular formula is C25H26N2O6S. The summed E-state index contributed by atoms with van der Waals surface area (Å²) in [5, 5.41) is 2.88. The second-order valence-electron chi connectivity index (χ2n) is 7.69. The molecule has 0 aromatic heterocycles. The van der Waals surface area contributed by atoms with Crippen molar-refractivity contribution in [2.24, 2.45) is 0 Å². The van der Waals surface area contributed by atoms with Gasteiger partial charge in [0.25, 0.3) is 10.0 Å². The summed E-state index contributed by atoms with van der Waals surface area (Å²) in [5.41, 5.74) is 1.09. The van der Waals surface area contributed by atoms with Crippen LogP contribution in [-0.2, 0) is 14.8 Å². The molecule has 1 N–H and O–H groups in total. The number of para-hydroxylation sites is 2. The zero-order chi connectivity index (χ0) is 24.1. The Morgan fingerprint density at radius 2 is 1.68 bits per heavy atom. The third kappa shape index (κ3) is 4.94. The maximum absolute atomic E-state index is 13.5. The Balaban J connectivity index is 1.59. The number of carbonyl (C=O) groups is 1. The lowest BCUT2D eigenvalue weighted by atomic mass is 10.1. The third-order valence-corrected chi connectivity index (χ3v) is 7.19. The van der Waals surface area contributed by atoms with Gasteiger partial charge >= 0.3 is 0 Å². The molecule has 0 fully saturated rings. The van der Waals surface area contributed by atoms with Crippen LogP contribution in [0.5, 0.6) is 17.2 Å². The van der Waals surface area contributed by atoms with E-state index in [1.54, 1.807) is 48.5 Å². The van der Waals surface area contributed by atoms with Crippen LogP contribution >= 0.6 is 0 Å². The first-order valence-electron chi connectivity index (χ1n) is 10.8. The second kappa shape index (κ2) is 10.0. The summed E-state index contributed by atoms with van der Waals surface area (Å²) in [4.78, 5) is 13.1. The van der Waals surface area contributed by atoms with E-state index in [-0.39, 0.29) is 16.6 Å². The SMILES string of the molecule is COc1ccccc1N(CC(=O)NC(C)c1ccc2c(c1)OCCO2)S(=O)(=O)c1ccccc1. The minimum Gasteiger partial charge on any atom is -0.495 e. The van der Waals surface area contributed by atoms with E-state index in [2.05, 4.69) is 5.32 Å². The highest BCUT2D eigenvalue weighted by Gasteiger charge is 2.29. The summed E-state index contributed by atoms with van der Waals surface area (Å²) in [7, 11) is -2.58. The summed E-state index contributed by atoms with van der Waals surface area (Å²) in [5.74, 6) is 1.15. The van der Waals surface area contributed by atoms with Gasteiger partial charge in [-0.05, 0) is 48.9 Å². The van der Waals surface area contributed by atoms with Crippen molar-refractivity contribution in [3.63, 3.8) is 0 Å². The molecule has 1 amide bonds. The van der Waals surface area contributed by atoms with Gasteiger partial charge in [-0.25, -0.2) is 8.42 Å². The first-order valence-corrected chi connectivity index (χ1v) is 12.2. The first-order chi connectivity index (χ1) is 16.4. The Bertz CT molecular complexity index is 1260. The van der Waals surface area contributed by atoms with Gasteiger partial charge in [0.15, 0.2) is 11.5 Å². The number of nitrogens with zero attached hydrogens (tertiary/aromatic N) is 1. The molecule has 1 heterocycles. The molecule has 1 aliphatic heterocycles. The molecule has 0 saturated carbocycles. The summed E-state index contributed by atoms with van der Waals surface area (Å²) in [6, 6.07) is 19.8. The van der Waals surface area contributed by atoms with Gasteiger partial charge in [0, 0.05) is 0 Å². The fourth-order valence-corrected chi connectivity index (χ4v) is 5.14. The summed E-state index contributed by atoms with van der Waals surface area (Å²) in [6.07, 6.45) is 0. The van der Waals surface area contributed by atoms with Gasteiger partial charge in [0.1, 0.15) is 25.5 Å². The highest BCUT2D eigenvalue weighted by atomic mass is 32.2. The monoisotopic (exact) mass is 482 g/mol. The van der Waals surface area contributed by atoms with Crippen molar-refractivity contribution in [1.82, 2.24) is 5.32 Å². The normalized spacial score (nSPS) is 13.6. The van der Waals surface area contributed by atoms with E-state index in [1.165, 1.54) is 19.2 Å². The van der Waals surface area contributed by atoms with Gasteiger partial charge in [-0.15, -0.1) is 0 Å². The van der Waals surface area contributed by atoms with E-state index in [0.717, 1.165) is 9.87 Å². The van der Waals surface area contributed by atoms with Crippen molar-refractivity contribution in [3.8, 4) is 17.2 Å². The molecule has 34 heavy (non-hydrogen) atoms. The number of amides is 1. The van der Waals surface area contributed by atoms with Crippen molar-refractivity contribution < 1.29 is 27.4 Å². The van der Waals surface area contributed by atoms with Crippen LogP contribution in [0.2, 0.25) is 0 Å². The molecule has 3 aromatic carbocycles. The number of sulfonamides is 1. The number of hydrogen-bond acceptors (Lipinski definition) is 6. The van der Waals surface area contributed by atoms with Gasteiger partial charge in [-0.1, -0.05) is 36.4 Å². The molecule has 3 aromatic rings. The Hall–Kier alpha value is -3.72. The number of anilines is 1. The fraction of sp³-hybridized carbons (Fsp3) is 0.240. The van der Waals surface area contributed by atoms with E-state index in [4.69, 9.17) is 14.2 Å². The molecule has 0 radical (unpaired) electrons. The number of benzene rings is 3. The van der Waals surface area contributed by atoms with E-state index >= 15 is 0 Å². The van der Waals surface area contributed by atoms with E-state index < -0.39 is 22.5 Å². The highest BCUT2D eigenvalue weighted by Crippen LogP contribution is 2.34. The predicted octanol–water partition coefficient (Wildman–Crippen LogP) is 3.54. The Morgan fingerprint density at radius 3 is 2.41 bits per heavy atom. The summed E-state index contributed by atoms with van der Waals surface area (Å²) >= 11 is 0. The number of methoxy groups -OCH3 is 1. The minimum atomic E-state index is -4.04. The van der Waals surface area contributed by atoms with E-state index in [0.29, 0.717) is 30.5 Å². The predicted molar refractivity (Wildman–Crippen MR) is 128 cm³/mol. The number of hydrogen-bond donors (Lipinski definition) is 1. The van der Waals surface area contributed by atoms with Crippen LogP contribution in [-0.4, -0.2) is 41.2 Å². The maximum atomic E-state index is 13.5. The molecule has 4 rings (SSSR count). The molecule has 1 atom stereocenters. The Morgan fingerprint density at radius 1 is 1.00 bits per heavy atom. The first kappa shape index (κ1) is 23.4. The molecule has 1 aliphatic rings. The lowest BCUT2D eigenvalue weighted by Gasteiger charge is -2.26. The molecule has 0 saturated heterocycles. The lowest BCUT2D eigenvalue weighted by molar-refractivity contribution is -0.120. The molecule has 0 aliphatic carbocycles. The average molecular weight is 483 g/mol. The number of rotatable bonds is 8. The quantitative estimate of drug-likeness (QED) is 0.528. The van der Waals surface area contributed by atoms with Crippen LogP contribution in [0.4, 0.5) is 5.69 Å². The number of fused-ring (bicyclic) bond motifs is 1. The Kier molecular flexibility index (Phi) is 6.93. The van der Waals surface area contributed by atoms with Crippen LogP contribution < -0.4 is 23.8 Å². The maximum Gasteiger partial charge on any atom is 0.264 e. The fourth-order valence-electron chi connectivity index (χ4n) is 3.69. The molecule has 9 heteroatoms. The van der Waals surface area contributed by atoms with Crippen molar-refractivity contribution in [2.45, 2.75) is 17.9 Å². The number of ether oxygens (including phenoxy) is 3. The van der Waals surface area contributed by atoms with Crippen LogP contribution in [0, 0.1) is 0 Å². The van der Waals surface area contributed by atoms with Crippen LogP contribution in [0.3, 0.4) is 0 Å². The highest BCUT2D eigenvalue weighted by molar-refractivity contribution is 7.92. The molecule has 0 bridgehead atoms. The van der Waals surface area contributed by atoms with Gasteiger partial charge < -0.3 is 19.5 Å². The molecule has 178 valence electrons. The molecule has 1 unspecified atom stereocenters. The topological polar surface area (TPSA) is 94.2 Å². The van der Waals surface area contributed by atoms with Gasteiger partial charge in [0.05, 0.1) is 23.7 Å². The summed E-state index contributed by atoms with van der Waals surface area (Å²) < 4.78 is 44.6. The zero-order valence-electron chi connectivity index (χ0n) is 18.9. The van der Waals surface area contributed by atoms with E-state index in [9.17, 15) is 13.2 Å². The molecular weight excluding hydrogens is 456 g/mol. The minimum absolute atomic E-state index is 0.0774. The third-order valence-electron chi connectivity index (χ3n) is 5.42. The lowest BCUT2D eigenvalue weighted by Crippen LogP contribution is -2.41. The number of nitrogens with one attached hydrogen (secondary N) is 1. The van der Waals surface area contributed by atoms with Crippen molar-refractivity contribution in [3.05, 3.63) is 78.4 Å². The standard InChI is InChI=1S/C25H26N2O6S/c1-18(19-12-13-23-24(16-19)33-15-14-32-23)26-25(28)17-27(21-10-6-7-11-22(21)31-2)34(29,30)20-8-4-3-5-9-20/h3-13,16,18H,14-15,17H2,1-2H3,(H,26,28). The second-order valence-corrected chi connectivity index (χ2v) is 9.55. The van der Waals surface area contributed by atoms with Gasteiger partial charge in [-0.2, -0.15) is 0 Å². The van der Waals surface area contributed by atoms with Crippen molar-refractivity contribution in [2.75, 3.05) is 31.2 Å². The summed E-state index contributed by atoms with van der Waals surface area (Å²) in [6.45, 7) is 2.35. The van der Waals surface area contributed by atoms with Crippen LogP contribution in [0.25, 0.3) is 0 Å². The zero-order valence-corrected chi connectivity index (χ0v) is 19.7. The van der Waals surface area contributed by atoms with E-state index in [1.807, 2.05) is 19.1 Å². The Labute approximate surface area is 199 Å². The molecule has 0 spiro atoms. The van der Waals surface area contributed by atoms with Crippen molar-refractivity contribution >= 4 is 21.6 Å². The van der Waals surface area contributed by atoms with Gasteiger partial charge in [0.2, 0.25) is 5.91 Å². The largest absolute Gasteiger partial charge is 0.495 e. The molecule has 8 nitrogen and oxygen atoms in total. The smallest absolute Gasteiger partial charge is 0.264 e. The number of carbonyl (C=O) groups excluding carboxylic acids is 1. The van der Waals surface area contributed by atoms with Crippen LogP contribution in [0.1, 0.15) is 18.5 Å². The van der Waals surface area contributed by atoms with Crippen LogP contribution in [0.15, 0.2) is 77.7 Å².